The molecule has 4 aromatic rings. The molecule has 0 radical (unpaired) electrons. The number of hydrogen-bond acceptors (Lipinski definition) is 5. The summed E-state index contributed by atoms with van der Waals surface area (Å²) in [7, 11) is -3.47. The van der Waals surface area contributed by atoms with Crippen LogP contribution >= 0.6 is 11.3 Å². The molecule has 1 amide bonds. The van der Waals surface area contributed by atoms with Crippen LogP contribution in [0.1, 0.15) is 15.9 Å². The molecule has 162 valence electrons. The normalized spacial score (nSPS) is 11.3. The van der Waals surface area contributed by atoms with Gasteiger partial charge in [-0.25, -0.2) is 17.8 Å². The predicted octanol–water partition coefficient (Wildman–Crippen LogP) is 5.20. The first kappa shape index (κ1) is 21.9. The Bertz CT molecular complexity index is 1350. The van der Waals surface area contributed by atoms with Gasteiger partial charge in [-0.05, 0) is 35.9 Å². The molecule has 8 heteroatoms. The van der Waals surface area contributed by atoms with Gasteiger partial charge in [0.15, 0.2) is 15.0 Å². The van der Waals surface area contributed by atoms with Crippen molar-refractivity contribution in [2.24, 2.45) is 0 Å². The minimum Gasteiger partial charge on any atom is -0.279 e. The van der Waals surface area contributed by atoms with Gasteiger partial charge < -0.3 is 0 Å². The summed E-state index contributed by atoms with van der Waals surface area (Å²) in [6, 6.07) is 21.4. The first-order chi connectivity index (χ1) is 15.3. The number of nitrogens with zero attached hydrogens (tertiary/aromatic N) is 2. The van der Waals surface area contributed by atoms with Gasteiger partial charge in [-0.15, -0.1) is 11.3 Å². The molecule has 4 rings (SSSR count). The lowest BCUT2D eigenvalue weighted by molar-refractivity contribution is 0.0985. The number of benzene rings is 3. The fourth-order valence-electron chi connectivity index (χ4n) is 3.14. The lowest BCUT2D eigenvalue weighted by Crippen LogP contribution is -2.30. The number of carbonyl (C=O) groups is 1. The van der Waals surface area contributed by atoms with Crippen LogP contribution in [0.5, 0.6) is 0 Å². The van der Waals surface area contributed by atoms with Gasteiger partial charge in [0.05, 0.1) is 17.1 Å². The van der Waals surface area contributed by atoms with E-state index in [1.54, 1.807) is 18.2 Å². The van der Waals surface area contributed by atoms with Gasteiger partial charge in [0, 0.05) is 22.8 Å². The van der Waals surface area contributed by atoms with Crippen molar-refractivity contribution < 1.29 is 17.6 Å². The van der Waals surface area contributed by atoms with Gasteiger partial charge in [0.1, 0.15) is 5.82 Å². The third kappa shape index (κ3) is 4.92. The number of thiazole rings is 1. The van der Waals surface area contributed by atoms with Crippen molar-refractivity contribution in [2.45, 2.75) is 11.4 Å². The Kier molecular flexibility index (Phi) is 6.16. The maximum absolute atomic E-state index is 13.5. The molecular formula is C24H19FN2O3S2. The number of anilines is 1. The molecule has 1 heterocycles. The lowest BCUT2D eigenvalue weighted by atomic mass is 10.1. The summed E-state index contributed by atoms with van der Waals surface area (Å²) in [5, 5.41) is 2.32. The van der Waals surface area contributed by atoms with Crippen molar-refractivity contribution >= 4 is 32.2 Å². The fraction of sp³-hybridized carbons (Fsp3) is 0.0833. The lowest BCUT2D eigenvalue weighted by Gasteiger charge is -2.20. The van der Waals surface area contributed by atoms with E-state index in [0.717, 1.165) is 23.1 Å². The number of sulfone groups is 1. The number of amides is 1. The van der Waals surface area contributed by atoms with E-state index in [4.69, 9.17) is 0 Å². The summed E-state index contributed by atoms with van der Waals surface area (Å²) in [4.78, 5) is 19.7. The first-order valence-electron chi connectivity index (χ1n) is 9.68. The average Bonchev–Trinajstić information content (AvgIpc) is 3.28. The maximum Gasteiger partial charge on any atom is 0.260 e. The third-order valence-electron chi connectivity index (χ3n) is 4.80. The van der Waals surface area contributed by atoms with E-state index < -0.39 is 15.7 Å². The smallest absolute Gasteiger partial charge is 0.260 e. The SMILES string of the molecule is CS(=O)(=O)c1cccc(C(=O)N(Cc2ccc(F)cc2)c2nc(-c3ccccc3)cs2)c1. The highest BCUT2D eigenvalue weighted by Crippen LogP contribution is 2.30. The van der Waals surface area contributed by atoms with Crippen molar-refractivity contribution in [1.82, 2.24) is 4.98 Å². The minimum atomic E-state index is -3.47. The zero-order valence-electron chi connectivity index (χ0n) is 17.1. The van der Waals surface area contributed by atoms with E-state index >= 15 is 0 Å². The van der Waals surface area contributed by atoms with Crippen molar-refractivity contribution in [2.75, 3.05) is 11.2 Å². The zero-order chi connectivity index (χ0) is 22.7. The van der Waals surface area contributed by atoms with Crippen molar-refractivity contribution in [3.05, 3.63) is 101 Å². The predicted molar refractivity (Wildman–Crippen MR) is 124 cm³/mol. The molecule has 0 aliphatic rings. The summed E-state index contributed by atoms with van der Waals surface area (Å²) < 4.78 is 37.3. The zero-order valence-corrected chi connectivity index (χ0v) is 18.7. The van der Waals surface area contributed by atoms with E-state index in [2.05, 4.69) is 4.98 Å². The maximum atomic E-state index is 13.5. The third-order valence-corrected chi connectivity index (χ3v) is 6.77. The van der Waals surface area contributed by atoms with Gasteiger partial charge in [-0.1, -0.05) is 48.5 Å². The number of rotatable bonds is 6. The fourth-order valence-corrected chi connectivity index (χ4v) is 4.64. The monoisotopic (exact) mass is 466 g/mol. The van der Waals surface area contributed by atoms with Gasteiger partial charge in [0.25, 0.3) is 5.91 Å². The highest BCUT2D eigenvalue weighted by molar-refractivity contribution is 7.90. The largest absolute Gasteiger partial charge is 0.279 e. The van der Waals surface area contributed by atoms with Crippen LogP contribution in [0.4, 0.5) is 9.52 Å². The number of aromatic nitrogens is 1. The van der Waals surface area contributed by atoms with Crippen LogP contribution in [0.2, 0.25) is 0 Å². The molecule has 0 aliphatic heterocycles. The minimum absolute atomic E-state index is 0.0641. The first-order valence-corrected chi connectivity index (χ1v) is 12.5. The van der Waals surface area contributed by atoms with E-state index in [1.165, 1.54) is 46.6 Å². The van der Waals surface area contributed by atoms with Crippen molar-refractivity contribution in [1.29, 1.82) is 0 Å². The summed E-state index contributed by atoms with van der Waals surface area (Å²) in [6.07, 6.45) is 1.10. The average molecular weight is 467 g/mol. The topological polar surface area (TPSA) is 67.3 Å². The Labute approximate surface area is 189 Å². The van der Waals surface area contributed by atoms with Gasteiger partial charge in [-0.2, -0.15) is 0 Å². The van der Waals surface area contributed by atoms with Crippen LogP contribution in [0.3, 0.4) is 0 Å². The number of halogens is 1. The van der Waals surface area contributed by atoms with Crippen molar-refractivity contribution in [3.63, 3.8) is 0 Å². The van der Waals surface area contributed by atoms with Crippen molar-refractivity contribution in [3.8, 4) is 11.3 Å². The summed E-state index contributed by atoms with van der Waals surface area (Å²) in [5.74, 6) is -0.762. The second-order valence-corrected chi connectivity index (χ2v) is 10.1. The van der Waals surface area contributed by atoms with E-state index in [0.29, 0.717) is 5.13 Å². The molecule has 5 nitrogen and oxygen atoms in total. The number of carbonyl (C=O) groups excluding carboxylic acids is 1. The van der Waals surface area contributed by atoms with Crippen LogP contribution in [-0.4, -0.2) is 25.6 Å². The van der Waals surface area contributed by atoms with Crippen LogP contribution in [-0.2, 0) is 16.4 Å². The molecule has 3 aromatic carbocycles. The Hall–Kier alpha value is -3.36. The van der Waals surface area contributed by atoms with Crippen LogP contribution in [0.15, 0.2) is 89.1 Å². The van der Waals surface area contributed by atoms with Gasteiger partial charge in [-0.3, -0.25) is 9.69 Å². The summed E-state index contributed by atoms with van der Waals surface area (Å²) in [5.41, 5.74) is 2.60. The van der Waals surface area contributed by atoms with E-state index in [1.807, 2.05) is 35.7 Å². The molecule has 1 aromatic heterocycles. The molecule has 0 fully saturated rings. The van der Waals surface area contributed by atoms with Crippen LogP contribution in [0, 0.1) is 5.82 Å². The molecule has 0 bridgehead atoms. The molecule has 0 N–H and O–H groups in total. The number of hydrogen-bond donors (Lipinski definition) is 0. The molecular weight excluding hydrogens is 447 g/mol. The molecule has 0 unspecified atom stereocenters. The standard InChI is InChI=1S/C24H19FN2O3S2/c1-32(29,30)21-9-5-8-19(14-21)23(28)27(15-17-10-12-20(25)13-11-17)24-26-22(16-31-24)18-6-3-2-4-7-18/h2-14,16H,15H2,1H3. The Morgan fingerprint density at radius 1 is 1.00 bits per heavy atom. The molecule has 0 spiro atoms. The Morgan fingerprint density at radius 3 is 2.41 bits per heavy atom. The Balaban J connectivity index is 1.73. The van der Waals surface area contributed by atoms with Crippen LogP contribution in [0.25, 0.3) is 11.3 Å². The summed E-state index contributed by atoms with van der Waals surface area (Å²) >= 11 is 1.31. The van der Waals surface area contributed by atoms with Gasteiger partial charge >= 0.3 is 0 Å². The molecule has 0 atom stereocenters. The molecule has 0 aliphatic carbocycles. The molecule has 0 saturated carbocycles. The second-order valence-electron chi connectivity index (χ2n) is 7.20. The molecule has 0 saturated heterocycles. The quantitative estimate of drug-likeness (QED) is 0.392. The van der Waals surface area contributed by atoms with Crippen LogP contribution < -0.4 is 4.90 Å². The highest BCUT2D eigenvalue weighted by Gasteiger charge is 2.23. The Morgan fingerprint density at radius 2 is 1.72 bits per heavy atom. The van der Waals surface area contributed by atoms with Gasteiger partial charge in [0.2, 0.25) is 0 Å². The van der Waals surface area contributed by atoms with E-state index in [-0.39, 0.29) is 22.8 Å². The van der Waals surface area contributed by atoms with E-state index in [9.17, 15) is 17.6 Å². The highest BCUT2D eigenvalue weighted by atomic mass is 32.2. The second kappa shape index (κ2) is 9.02. The summed E-state index contributed by atoms with van der Waals surface area (Å²) in [6.45, 7) is 0.157. The molecule has 32 heavy (non-hydrogen) atoms.